The summed E-state index contributed by atoms with van der Waals surface area (Å²) in [6.45, 7) is 0.486. The van der Waals surface area contributed by atoms with Gasteiger partial charge in [-0.1, -0.05) is 29.8 Å². The van der Waals surface area contributed by atoms with Crippen molar-refractivity contribution in [3.05, 3.63) is 89.2 Å². The lowest BCUT2D eigenvalue weighted by atomic mass is 10.2. The monoisotopic (exact) mass is 489 g/mol. The number of nitrogens with one attached hydrogen (secondary N) is 2. The highest BCUT2D eigenvalue weighted by Gasteiger charge is 2.27. The fourth-order valence-corrected chi connectivity index (χ4v) is 4.50. The predicted molar refractivity (Wildman–Crippen MR) is 125 cm³/mol. The molecule has 0 radical (unpaired) electrons. The van der Waals surface area contributed by atoms with Crippen molar-refractivity contribution in [2.45, 2.75) is 18.4 Å². The quantitative estimate of drug-likeness (QED) is 0.494. The van der Waals surface area contributed by atoms with Crippen LogP contribution < -0.4 is 10.6 Å². The average Bonchev–Trinajstić information content (AvgIpc) is 2.76. The molecule has 33 heavy (non-hydrogen) atoms. The van der Waals surface area contributed by atoms with Gasteiger partial charge < -0.3 is 10.6 Å². The number of sulfonamides is 1. The lowest BCUT2D eigenvalue weighted by Crippen LogP contribution is -2.37. The first kappa shape index (κ1) is 24.4. The third-order valence-electron chi connectivity index (χ3n) is 4.56. The van der Waals surface area contributed by atoms with E-state index in [1.54, 1.807) is 30.3 Å². The number of benzene rings is 3. The Bertz CT molecular complexity index is 1250. The van der Waals surface area contributed by atoms with Crippen LogP contribution in [0.3, 0.4) is 0 Å². The van der Waals surface area contributed by atoms with Crippen molar-refractivity contribution >= 4 is 44.8 Å². The van der Waals surface area contributed by atoms with Crippen molar-refractivity contribution in [2.24, 2.45) is 0 Å². The molecule has 2 amide bonds. The smallest absolute Gasteiger partial charge is 0.243 e. The molecule has 0 heterocycles. The summed E-state index contributed by atoms with van der Waals surface area (Å²) in [5, 5.41) is 5.58. The standard InChI is InChI=1S/C23H21ClFN3O4S/c1-16(29)26-19-8-10-20(11-9-19)27-23(30)15-28(14-17-4-2-3-5-22(17)25)33(31,32)21-12-6-18(24)7-13-21/h2-13H,14-15H2,1H3,(H,26,29)(H,27,30). The van der Waals surface area contributed by atoms with Gasteiger partial charge in [0.2, 0.25) is 21.8 Å². The lowest BCUT2D eigenvalue weighted by molar-refractivity contribution is -0.116. The van der Waals surface area contributed by atoms with Crippen molar-refractivity contribution in [1.82, 2.24) is 4.31 Å². The van der Waals surface area contributed by atoms with Gasteiger partial charge in [-0.15, -0.1) is 0 Å². The highest BCUT2D eigenvalue weighted by Crippen LogP contribution is 2.22. The minimum Gasteiger partial charge on any atom is -0.326 e. The van der Waals surface area contributed by atoms with Gasteiger partial charge in [0.15, 0.2) is 0 Å². The zero-order valence-corrected chi connectivity index (χ0v) is 19.2. The average molecular weight is 490 g/mol. The molecule has 0 aliphatic carbocycles. The summed E-state index contributed by atoms with van der Waals surface area (Å²) in [7, 11) is -4.14. The van der Waals surface area contributed by atoms with E-state index in [4.69, 9.17) is 11.6 Å². The molecule has 3 aromatic carbocycles. The van der Waals surface area contributed by atoms with Crippen molar-refractivity contribution in [3.8, 4) is 0 Å². The van der Waals surface area contributed by atoms with Crippen LogP contribution in [0.1, 0.15) is 12.5 Å². The zero-order chi connectivity index (χ0) is 24.0. The normalized spacial score (nSPS) is 11.3. The summed E-state index contributed by atoms with van der Waals surface area (Å²) in [4.78, 5) is 23.7. The zero-order valence-electron chi connectivity index (χ0n) is 17.6. The Balaban J connectivity index is 1.83. The van der Waals surface area contributed by atoms with E-state index in [1.807, 2.05) is 0 Å². The first-order valence-corrected chi connectivity index (χ1v) is 11.6. The summed E-state index contributed by atoms with van der Waals surface area (Å²) >= 11 is 5.86. The molecule has 0 saturated carbocycles. The second kappa shape index (κ2) is 10.6. The van der Waals surface area contributed by atoms with Crippen LogP contribution in [0.15, 0.2) is 77.7 Å². The number of anilines is 2. The molecule has 0 aliphatic rings. The molecule has 0 aliphatic heterocycles. The Morgan fingerprint density at radius 1 is 0.909 bits per heavy atom. The van der Waals surface area contributed by atoms with Gasteiger partial charge in [0.05, 0.1) is 11.4 Å². The van der Waals surface area contributed by atoms with E-state index in [1.165, 1.54) is 49.4 Å². The van der Waals surface area contributed by atoms with E-state index in [2.05, 4.69) is 10.6 Å². The maximum atomic E-state index is 14.2. The van der Waals surface area contributed by atoms with Gasteiger partial charge >= 0.3 is 0 Å². The topological polar surface area (TPSA) is 95.6 Å². The molecule has 0 bridgehead atoms. The van der Waals surface area contributed by atoms with Gasteiger partial charge in [0, 0.05) is 35.4 Å². The van der Waals surface area contributed by atoms with Gasteiger partial charge in [-0.2, -0.15) is 4.31 Å². The molecule has 0 saturated heterocycles. The van der Waals surface area contributed by atoms with E-state index in [-0.39, 0.29) is 22.9 Å². The fourth-order valence-electron chi connectivity index (χ4n) is 3.00. The summed E-state index contributed by atoms with van der Waals surface area (Å²) in [6, 6.07) is 17.6. The predicted octanol–water partition coefficient (Wildman–Crippen LogP) is 4.27. The summed E-state index contributed by atoms with van der Waals surface area (Å²) in [5.74, 6) is -1.43. The van der Waals surface area contributed by atoms with E-state index in [0.29, 0.717) is 16.4 Å². The maximum absolute atomic E-state index is 14.2. The minimum atomic E-state index is -4.14. The molecule has 10 heteroatoms. The highest BCUT2D eigenvalue weighted by atomic mass is 35.5. The number of amides is 2. The van der Waals surface area contributed by atoms with Crippen LogP contribution in [-0.2, 0) is 26.2 Å². The van der Waals surface area contributed by atoms with E-state index in [0.717, 1.165) is 4.31 Å². The number of carbonyl (C=O) groups is 2. The number of nitrogens with zero attached hydrogens (tertiary/aromatic N) is 1. The summed E-state index contributed by atoms with van der Waals surface area (Å²) in [6.07, 6.45) is 0. The second-order valence-electron chi connectivity index (χ2n) is 7.13. The third kappa shape index (κ3) is 6.61. The SMILES string of the molecule is CC(=O)Nc1ccc(NC(=O)CN(Cc2ccccc2F)S(=O)(=O)c2ccc(Cl)cc2)cc1. The first-order chi connectivity index (χ1) is 15.6. The fraction of sp³-hybridized carbons (Fsp3) is 0.130. The number of carbonyl (C=O) groups excluding carboxylic acids is 2. The van der Waals surface area contributed by atoms with E-state index < -0.39 is 28.3 Å². The van der Waals surface area contributed by atoms with Crippen LogP contribution >= 0.6 is 11.6 Å². The molecule has 0 fully saturated rings. The van der Waals surface area contributed by atoms with Gasteiger partial charge in [-0.3, -0.25) is 9.59 Å². The van der Waals surface area contributed by atoms with Crippen molar-refractivity contribution in [3.63, 3.8) is 0 Å². The molecule has 7 nitrogen and oxygen atoms in total. The molecule has 3 rings (SSSR count). The van der Waals surface area contributed by atoms with Crippen molar-refractivity contribution in [1.29, 1.82) is 0 Å². The Hall–Kier alpha value is -3.27. The number of hydrogen-bond acceptors (Lipinski definition) is 4. The van der Waals surface area contributed by atoms with Crippen molar-refractivity contribution in [2.75, 3.05) is 17.2 Å². The Labute approximate surface area is 196 Å². The van der Waals surface area contributed by atoms with Crippen LogP contribution in [0.4, 0.5) is 15.8 Å². The van der Waals surface area contributed by atoms with Gasteiger partial charge in [-0.05, 0) is 54.6 Å². The molecule has 2 N–H and O–H groups in total. The van der Waals surface area contributed by atoms with Crippen LogP contribution in [0.5, 0.6) is 0 Å². The van der Waals surface area contributed by atoms with E-state index >= 15 is 0 Å². The summed E-state index contributed by atoms with van der Waals surface area (Å²) in [5.41, 5.74) is 1.08. The van der Waals surface area contributed by atoms with Gasteiger partial charge in [0.25, 0.3) is 0 Å². The molecular weight excluding hydrogens is 469 g/mol. The molecular formula is C23H21ClFN3O4S. The van der Waals surface area contributed by atoms with Crippen LogP contribution in [0.25, 0.3) is 0 Å². The molecule has 3 aromatic rings. The lowest BCUT2D eigenvalue weighted by Gasteiger charge is -2.22. The molecule has 0 spiro atoms. The largest absolute Gasteiger partial charge is 0.326 e. The third-order valence-corrected chi connectivity index (χ3v) is 6.62. The number of rotatable bonds is 8. The Morgan fingerprint density at radius 2 is 1.48 bits per heavy atom. The van der Waals surface area contributed by atoms with Gasteiger partial charge in [0.1, 0.15) is 5.82 Å². The van der Waals surface area contributed by atoms with Gasteiger partial charge in [-0.25, -0.2) is 12.8 Å². The second-order valence-corrected chi connectivity index (χ2v) is 9.50. The van der Waals surface area contributed by atoms with Crippen LogP contribution in [0.2, 0.25) is 5.02 Å². The maximum Gasteiger partial charge on any atom is 0.243 e. The summed E-state index contributed by atoms with van der Waals surface area (Å²) < 4.78 is 41.6. The Kier molecular flexibility index (Phi) is 7.80. The van der Waals surface area contributed by atoms with Crippen LogP contribution in [0, 0.1) is 5.82 Å². The minimum absolute atomic E-state index is 0.0734. The molecule has 0 atom stereocenters. The molecule has 0 aromatic heterocycles. The Morgan fingerprint density at radius 3 is 2.06 bits per heavy atom. The molecule has 172 valence electrons. The first-order valence-electron chi connectivity index (χ1n) is 9.82. The van der Waals surface area contributed by atoms with Crippen molar-refractivity contribution < 1.29 is 22.4 Å². The van der Waals surface area contributed by atoms with Crippen LogP contribution in [-0.4, -0.2) is 31.1 Å². The highest BCUT2D eigenvalue weighted by molar-refractivity contribution is 7.89. The molecule has 0 unspecified atom stereocenters. The van der Waals surface area contributed by atoms with E-state index in [9.17, 15) is 22.4 Å². The number of halogens is 2. The number of hydrogen-bond donors (Lipinski definition) is 2.